The normalized spacial score (nSPS) is 15.6. The summed E-state index contributed by atoms with van der Waals surface area (Å²) in [4.78, 5) is 31.1. The van der Waals surface area contributed by atoms with Crippen molar-refractivity contribution in [3.8, 4) is 17.0 Å². The molecule has 29 heavy (non-hydrogen) atoms. The van der Waals surface area contributed by atoms with Gasteiger partial charge < -0.3 is 9.47 Å². The number of fused-ring (bicyclic) bond motifs is 1. The summed E-state index contributed by atoms with van der Waals surface area (Å²) < 4.78 is 11.1. The molecule has 1 atom stereocenters. The first-order valence-corrected chi connectivity index (χ1v) is 10.1. The van der Waals surface area contributed by atoms with Gasteiger partial charge in [0.1, 0.15) is 18.9 Å². The molecule has 7 heteroatoms. The van der Waals surface area contributed by atoms with Crippen LogP contribution in [0.5, 0.6) is 5.75 Å². The highest BCUT2D eigenvalue weighted by Crippen LogP contribution is 2.37. The number of carbonyl (C=O) groups is 2. The van der Waals surface area contributed by atoms with Gasteiger partial charge in [0.25, 0.3) is 5.91 Å². The fourth-order valence-corrected chi connectivity index (χ4v) is 3.76. The summed E-state index contributed by atoms with van der Waals surface area (Å²) in [6.45, 7) is 3.60. The van der Waals surface area contributed by atoms with Gasteiger partial charge in [0.2, 0.25) is 0 Å². The van der Waals surface area contributed by atoms with E-state index in [2.05, 4.69) is 4.98 Å². The molecule has 1 aromatic heterocycles. The number of aromatic nitrogens is 1. The van der Waals surface area contributed by atoms with Crippen molar-refractivity contribution in [1.82, 2.24) is 4.98 Å². The topological polar surface area (TPSA) is 68.7 Å². The number of hydrogen-bond acceptors (Lipinski definition) is 6. The molecule has 1 aliphatic rings. The van der Waals surface area contributed by atoms with Crippen LogP contribution in [0.1, 0.15) is 17.5 Å². The van der Waals surface area contributed by atoms with Gasteiger partial charge in [-0.2, -0.15) is 0 Å². The van der Waals surface area contributed by atoms with E-state index in [9.17, 15) is 9.59 Å². The molecule has 0 radical (unpaired) electrons. The van der Waals surface area contributed by atoms with Crippen LogP contribution in [-0.4, -0.2) is 29.5 Å². The van der Waals surface area contributed by atoms with E-state index < -0.39 is 12.1 Å². The smallest absolute Gasteiger partial charge is 0.326 e. The highest BCUT2D eigenvalue weighted by atomic mass is 32.1. The van der Waals surface area contributed by atoms with Gasteiger partial charge in [-0.25, -0.2) is 4.98 Å². The van der Waals surface area contributed by atoms with Crippen molar-refractivity contribution in [2.24, 2.45) is 0 Å². The third kappa shape index (κ3) is 4.14. The average Bonchev–Trinajstić information content (AvgIpc) is 3.17. The Hall–Kier alpha value is -3.19. The first-order chi connectivity index (χ1) is 14.0. The largest absolute Gasteiger partial charge is 0.479 e. The second kappa shape index (κ2) is 8.05. The molecule has 0 spiro atoms. The van der Waals surface area contributed by atoms with Crippen LogP contribution in [0.15, 0.2) is 53.9 Å². The molecule has 1 aliphatic heterocycles. The third-order valence-corrected chi connectivity index (χ3v) is 5.39. The second-order valence-electron chi connectivity index (χ2n) is 6.77. The molecule has 1 amide bonds. The van der Waals surface area contributed by atoms with Crippen molar-refractivity contribution in [2.75, 3.05) is 11.4 Å². The number of benzene rings is 2. The quantitative estimate of drug-likeness (QED) is 0.598. The summed E-state index contributed by atoms with van der Waals surface area (Å²) in [6, 6.07) is 15.0. The maximum atomic E-state index is 12.7. The number of esters is 1. The van der Waals surface area contributed by atoms with E-state index in [4.69, 9.17) is 9.47 Å². The SMILES string of the molecule is Cc1nc(-c2ccc3c(c2)N(CC(=O)OCc2ccccc2)C(=O)C(C)O3)cs1. The Labute approximate surface area is 172 Å². The Kier molecular flexibility index (Phi) is 5.31. The number of amides is 1. The maximum Gasteiger partial charge on any atom is 0.326 e. The minimum atomic E-state index is -0.670. The van der Waals surface area contributed by atoms with E-state index in [1.165, 1.54) is 4.90 Å². The van der Waals surface area contributed by atoms with Crippen molar-refractivity contribution in [3.63, 3.8) is 0 Å². The van der Waals surface area contributed by atoms with Crippen LogP contribution in [0, 0.1) is 6.92 Å². The molecule has 0 fully saturated rings. The summed E-state index contributed by atoms with van der Waals surface area (Å²) in [5.41, 5.74) is 3.13. The van der Waals surface area contributed by atoms with Crippen molar-refractivity contribution < 1.29 is 19.1 Å². The zero-order valence-electron chi connectivity index (χ0n) is 16.1. The van der Waals surface area contributed by atoms with E-state index in [1.807, 2.05) is 60.8 Å². The van der Waals surface area contributed by atoms with Gasteiger partial charge >= 0.3 is 5.97 Å². The monoisotopic (exact) mass is 408 g/mol. The van der Waals surface area contributed by atoms with Gasteiger partial charge in [-0.05, 0) is 37.6 Å². The molecule has 0 N–H and O–H groups in total. The van der Waals surface area contributed by atoms with Gasteiger partial charge in [-0.15, -0.1) is 11.3 Å². The molecule has 0 bridgehead atoms. The van der Waals surface area contributed by atoms with Crippen LogP contribution < -0.4 is 9.64 Å². The van der Waals surface area contributed by atoms with Crippen molar-refractivity contribution >= 4 is 28.9 Å². The Morgan fingerprint density at radius 1 is 1.24 bits per heavy atom. The predicted molar refractivity (Wildman–Crippen MR) is 111 cm³/mol. The lowest BCUT2D eigenvalue weighted by molar-refractivity contribution is -0.144. The molecule has 148 valence electrons. The van der Waals surface area contributed by atoms with E-state index in [1.54, 1.807) is 18.3 Å². The first-order valence-electron chi connectivity index (χ1n) is 9.25. The van der Waals surface area contributed by atoms with Crippen LogP contribution >= 0.6 is 11.3 Å². The molecular formula is C22H20N2O4S. The lowest BCUT2D eigenvalue weighted by atomic mass is 10.1. The molecule has 2 aromatic carbocycles. The molecule has 0 saturated carbocycles. The molecule has 6 nitrogen and oxygen atoms in total. The van der Waals surface area contributed by atoms with Crippen LogP contribution in [0.25, 0.3) is 11.3 Å². The highest BCUT2D eigenvalue weighted by molar-refractivity contribution is 7.09. The Morgan fingerprint density at radius 3 is 2.76 bits per heavy atom. The van der Waals surface area contributed by atoms with E-state index in [0.717, 1.165) is 21.8 Å². The summed E-state index contributed by atoms with van der Waals surface area (Å²) in [5, 5.41) is 2.92. The molecule has 0 aliphatic carbocycles. The molecule has 2 heterocycles. The summed E-state index contributed by atoms with van der Waals surface area (Å²) in [6.07, 6.45) is -0.670. The molecular weight excluding hydrogens is 388 g/mol. The summed E-state index contributed by atoms with van der Waals surface area (Å²) in [7, 11) is 0. The number of rotatable bonds is 5. The Bertz CT molecular complexity index is 1050. The first kappa shape index (κ1) is 19.1. The summed E-state index contributed by atoms with van der Waals surface area (Å²) in [5.74, 6) is -0.193. The number of nitrogens with zero attached hydrogens (tertiary/aromatic N) is 2. The number of carbonyl (C=O) groups excluding carboxylic acids is 2. The number of ether oxygens (including phenoxy) is 2. The average molecular weight is 408 g/mol. The van der Waals surface area contributed by atoms with Gasteiger partial charge in [-0.1, -0.05) is 30.3 Å². The van der Waals surface area contributed by atoms with Gasteiger partial charge in [0.15, 0.2) is 6.10 Å². The van der Waals surface area contributed by atoms with E-state index in [0.29, 0.717) is 11.4 Å². The van der Waals surface area contributed by atoms with Gasteiger partial charge in [0, 0.05) is 10.9 Å². The van der Waals surface area contributed by atoms with E-state index >= 15 is 0 Å². The fraction of sp³-hybridized carbons (Fsp3) is 0.227. The standard InChI is InChI=1S/C22H20N2O4S/c1-14-22(26)24(11-21(25)27-12-16-6-4-3-5-7-16)19-10-17(8-9-20(19)28-14)18-13-29-15(2)23-18/h3-10,13-14H,11-12H2,1-2H3. The van der Waals surface area contributed by atoms with Crippen LogP contribution in [0.2, 0.25) is 0 Å². The molecule has 1 unspecified atom stereocenters. The summed E-state index contributed by atoms with van der Waals surface area (Å²) >= 11 is 1.56. The third-order valence-electron chi connectivity index (χ3n) is 4.61. The van der Waals surface area contributed by atoms with Gasteiger partial charge in [-0.3, -0.25) is 14.5 Å². The zero-order chi connectivity index (χ0) is 20.4. The molecule has 0 saturated heterocycles. The number of anilines is 1. The van der Waals surface area contributed by atoms with Gasteiger partial charge in [0.05, 0.1) is 16.4 Å². The zero-order valence-corrected chi connectivity index (χ0v) is 16.9. The molecule has 4 rings (SSSR count). The van der Waals surface area contributed by atoms with Crippen molar-refractivity contribution in [3.05, 3.63) is 64.5 Å². The lowest BCUT2D eigenvalue weighted by Crippen LogP contribution is -2.47. The minimum absolute atomic E-state index is 0.165. The number of thiazole rings is 1. The van der Waals surface area contributed by atoms with E-state index in [-0.39, 0.29) is 19.1 Å². The second-order valence-corrected chi connectivity index (χ2v) is 7.83. The lowest BCUT2D eigenvalue weighted by Gasteiger charge is -2.32. The maximum absolute atomic E-state index is 12.7. The van der Waals surface area contributed by atoms with Crippen LogP contribution in [-0.2, 0) is 20.9 Å². The highest BCUT2D eigenvalue weighted by Gasteiger charge is 2.33. The van der Waals surface area contributed by atoms with Crippen molar-refractivity contribution in [1.29, 1.82) is 0 Å². The van der Waals surface area contributed by atoms with Crippen LogP contribution in [0.4, 0.5) is 5.69 Å². The predicted octanol–water partition coefficient (Wildman–Crippen LogP) is 3.98. The number of hydrogen-bond donors (Lipinski definition) is 0. The number of aryl methyl sites for hydroxylation is 1. The van der Waals surface area contributed by atoms with Crippen LogP contribution in [0.3, 0.4) is 0 Å². The van der Waals surface area contributed by atoms with Crippen molar-refractivity contribution in [2.45, 2.75) is 26.6 Å². The Morgan fingerprint density at radius 2 is 2.03 bits per heavy atom. The minimum Gasteiger partial charge on any atom is -0.479 e. The fourth-order valence-electron chi connectivity index (χ4n) is 3.14. The molecule has 3 aromatic rings. The Balaban J connectivity index is 1.56.